The zero-order chi connectivity index (χ0) is 12.5. The van der Waals surface area contributed by atoms with Gasteiger partial charge in [0.05, 0.1) is 6.61 Å². The quantitative estimate of drug-likeness (QED) is 0.719. The molecule has 0 bridgehead atoms. The van der Waals surface area contributed by atoms with E-state index in [1.807, 2.05) is 23.9 Å². The van der Waals surface area contributed by atoms with E-state index in [1.165, 1.54) is 17.1 Å². The first-order valence-electron chi connectivity index (χ1n) is 6.34. The maximum Gasteiger partial charge on any atom is 0.119 e. The fraction of sp³-hybridized carbons (Fsp3) is 0.571. The number of rotatable bonds is 8. The monoisotopic (exact) mass is 253 g/mol. The molecule has 1 aromatic carbocycles. The lowest BCUT2D eigenvalue weighted by molar-refractivity contribution is 0.318. The summed E-state index contributed by atoms with van der Waals surface area (Å²) in [7, 11) is 0. The third-order valence-electron chi connectivity index (χ3n) is 2.65. The van der Waals surface area contributed by atoms with E-state index in [1.54, 1.807) is 0 Å². The molecule has 2 nitrogen and oxygen atoms in total. The lowest BCUT2D eigenvalue weighted by Gasteiger charge is -2.10. The van der Waals surface area contributed by atoms with Crippen molar-refractivity contribution in [2.24, 2.45) is 5.73 Å². The zero-order valence-corrected chi connectivity index (χ0v) is 11.6. The molecule has 0 saturated heterocycles. The zero-order valence-electron chi connectivity index (χ0n) is 10.8. The molecule has 17 heavy (non-hydrogen) atoms. The Morgan fingerprint density at radius 1 is 1.24 bits per heavy atom. The minimum Gasteiger partial charge on any atom is -0.494 e. The van der Waals surface area contributed by atoms with Crippen LogP contribution < -0.4 is 10.5 Å². The average Bonchev–Trinajstić information content (AvgIpc) is 2.38. The van der Waals surface area contributed by atoms with Gasteiger partial charge in [-0.2, -0.15) is 11.8 Å². The number of thioether (sulfide) groups is 1. The van der Waals surface area contributed by atoms with Crippen molar-refractivity contribution < 1.29 is 4.74 Å². The largest absolute Gasteiger partial charge is 0.494 e. The lowest BCUT2D eigenvalue weighted by Crippen LogP contribution is -2.08. The normalized spacial score (nSPS) is 12.4. The summed E-state index contributed by atoms with van der Waals surface area (Å²) in [5, 5.41) is 0. The minimum absolute atomic E-state index is 0.144. The van der Waals surface area contributed by atoms with Crippen LogP contribution in [0.25, 0.3) is 0 Å². The van der Waals surface area contributed by atoms with Gasteiger partial charge in [0, 0.05) is 6.04 Å². The Kier molecular flexibility index (Phi) is 7.13. The van der Waals surface area contributed by atoms with Crippen LogP contribution in [0.1, 0.15) is 38.3 Å². The van der Waals surface area contributed by atoms with Crippen molar-refractivity contribution in [3.8, 4) is 5.75 Å². The van der Waals surface area contributed by atoms with Crippen molar-refractivity contribution >= 4 is 11.8 Å². The van der Waals surface area contributed by atoms with Gasteiger partial charge < -0.3 is 10.5 Å². The van der Waals surface area contributed by atoms with E-state index < -0.39 is 0 Å². The van der Waals surface area contributed by atoms with Crippen LogP contribution in [0.5, 0.6) is 5.75 Å². The molecule has 0 aliphatic rings. The predicted molar refractivity (Wildman–Crippen MR) is 76.8 cm³/mol. The molecule has 0 aromatic heterocycles. The minimum atomic E-state index is 0.144. The molecule has 0 aliphatic carbocycles. The molecular weight excluding hydrogens is 230 g/mol. The first kappa shape index (κ1) is 14.4. The number of ether oxygens (including phenoxy) is 1. The third kappa shape index (κ3) is 5.46. The maximum atomic E-state index is 5.96. The second kappa shape index (κ2) is 8.43. The van der Waals surface area contributed by atoms with Gasteiger partial charge in [0.1, 0.15) is 5.75 Å². The Morgan fingerprint density at radius 2 is 1.94 bits per heavy atom. The van der Waals surface area contributed by atoms with E-state index in [2.05, 4.69) is 26.0 Å². The highest BCUT2D eigenvalue weighted by atomic mass is 32.2. The van der Waals surface area contributed by atoms with Gasteiger partial charge in [-0.3, -0.25) is 0 Å². The molecule has 0 unspecified atom stereocenters. The van der Waals surface area contributed by atoms with E-state index in [-0.39, 0.29) is 6.04 Å². The standard InChI is InChI=1S/C14H23NOS/c1-3-14(15)12-6-8-13(9-7-12)16-10-5-11-17-4-2/h6-9,14H,3-5,10-11,15H2,1-2H3/t14-/m1/s1. The summed E-state index contributed by atoms with van der Waals surface area (Å²) < 4.78 is 5.67. The molecule has 0 fully saturated rings. The highest BCUT2D eigenvalue weighted by Crippen LogP contribution is 2.18. The van der Waals surface area contributed by atoms with Crippen LogP contribution in [0.4, 0.5) is 0 Å². The van der Waals surface area contributed by atoms with E-state index in [0.29, 0.717) is 0 Å². The average molecular weight is 253 g/mol. The van der Waals surface area contributed by atoms with Gasteiger partial charge >= 0.3 is 0 Å². The Balaban J connectivity index is 2.30. The van der Waals surface area contributed by atoms with Crippen LogP contribution >= 0.6 is 11.8 Å². The molecular formula is C14H23NOS. The van der Waals surface area contributed by atoms with Crippen LogP contribution in [0.15, 0.2) is 24.3 Å². The summed E-state index contributed by atoms with van der Waals surface area (Å²) in [5.74, 6) is 3.30. The van der Waals surface area contributed by atoms with Gasteiger partial charge in [-0.25, -0.2) is 0 Å². The number of benzene rings is 1. The summed E-state index contributed by atoms with van der Waals surface area (Å²) in [4.78, 5) is 0. The van der Waals surface area contributed by atoms with Gasteiger partial charge in [0.15, 0.2) is 0 Å². The molecule has 1 rings (SSSR count). The maximum absolute atomic E-state index is 5.96. The second-order valence-electron chi connectivity index (χ2n) is 3.98. The molecule has 0 radical (unpaired) electrons. The number of hydrogen-bond donors (Lipinski definition) is 1. The second-order valence-corrected chi connectivity index (χ2v) is 5.38. The smallest absolute Gasteiger partial charge is 0.119 e. The van der Waals surface area contributed by atoms with E-state index >= 15 is 0 Å². The molecule has 2 N–H and O–H groups in total. The van der Waals surface area contributed by atoms with Crippen LogP contribution in [0, 0.1) is 0 Å². The molecule has 1 atom stereocenters. The molecule has 96 valence electrons. The predicted octanol–water partition coefficient (Wildman–Crippen LogP) is 3.62. The van der Waals surface area contributed by atoms with Crippen LogP contribution in [-0.4, -0.2) is 18.1 Å². The van der Waals surface area contributed by atoms with E-state index in [4.69, 9.17) is 10.5 Å². The van der Waals surface area contributed by atoms with Crippen molar-refractivity contribution in [3.63, 3.8) is 0 Å². The Morgan fingerprint density at radius 3 is 2.53 bits per heavy atom. The molecule has 0 aliphatic heterocycles. The first-order chi connectivity index (χ1) is 8.27. The van der Waals surface area contributed by atoms with E-state index in [0.717, 1.165) is 25.2 Å². The lowest BCUT2D eigenvalue weighted by atomic mass is 10.1. The molecule has 0 saturated carbocycles. The van der Waals surface area contributed by atoms with Gasteiger partial charge in [-0.15, -0.1) is 0 Å². The summed E-state index contributed by atoms with van der Waals surface area (Å²) in [5.41, 5.74) is 7.14. The number of hydrogen-bond acceptors (Lipinski definition) is 3. The SMILES string of the molecule is CCSCCCOc1ccc([C@H](N)CC)cc1. The first-order valence-corrected chi connectivity index (χ1v) is 7.49. The molecule has 3 heteroatoms. The van der Waals surface area contributed by atoms with Gasteiger partial charge in [-0.1, -0.05) is 26.0 Å². The highest BCUT2D eigenvalue weighted by molar-refractivity contribution is 7.99. The van der Waals surface area contributed by atoms with Crippen molar-refractivity contribution in [2.45, 2.75) is 32.7 Å². The van der Waals surface area contributed by atoms with Crippen molar-refractivity contribution in [2.75, 3.05) is 18.1 Å². The topological polar surface area (TPSA) is 35.2 Å². The Hall–Kier alpha value is -0.670. The van der Waals surface area contributed by atoms with Crippen molar-refractivity contribution in [1.29, 1.82) is 0 Å². The highest BCUT2D eigenvalue weighted by Gasteiger charge is 2.02. The molecule has 0 spiro atoms. The van der Waals surface area contributed by atoms with Gasteiger partial charge in [0.25, 0.3) is 0 Å². The summed E-state index contributed by atoms with van der Waals surface area (Å²) in [6.45, 7) is 5.08. The molecule has 0 amide bonds. The van der Waals surface area contributed by atoms with Crippen LogP contribution in [0.2, 0.25) is 0 Å². The van der Waals surface area contributed by atoms with Gasteiger partial charge in [-0.05, 0) is 42.0 Å². The van der Waals surface area contributed by atoms with Crippen molar-refractivity contribution in [3.05, 3.63) is 29.8 Å². The van der Waals surface area contributed by atoms with E-state index in [9.17, 15) is 0 Å². The molecule has 1 aromatic rings. The Labute approximate surface area is 109 Å². The van der Waals surface area contributed by atoms with Crippen LogP contribution in [-0.2, 0) is 0 Å². The third-order valence-corrected chi connectivity index (χ3v) is 3.64. The summed E-state index contributed by atoms with van der Waals surface area (Å²) >= 11 is 1.96. The Bertz CT molecular complexity index is 300. The number of nitrogens with two attached hydrogens (primary N) is 1. The summed E-state index contributed by atoms with van der Waals surface area (Å²) in [6.07, 6.45) is 2.07. The van der Waals surface area contributed by atoms with Gasteiger partial charge in [0.2, 0.25) is 0 Å². The van der Waals surface area contributed by atoms with Crippen LogP contribution in [0.3, 0.4) is 0 Å². The summed E-state index contributed by atoms with van der Waals surface area (Å²) in [6, 6.07) is 8.29. The fourth-order valence-electron chi connectivity index (χ4n) is 1.54. The fourth-order valence-corrected chi connectivity index (χ4v) is 2.15. The molecule has 0 heterocycles. The van der Waals surface area contributed by atoms with Crippen molar-refractivity contribution in [1.82, 2.24) is 0 Å².